The zero-order valence-corrected chi connectivity index (χ0v) is 22.8. The van der Waals surface area contributed by atoms with Crippen LogP contribution in [0.1, 0.15) is 22.9 Å². The Bertz CT molecular complexity index is 2000. The van der Waals surface area contributed by atoms with Crippen LogP contribution in [0.3, 0.4) is 0 Å². The van der Waals surface area contributed by atoms with Crippen molar-refractivity contribution in [2.45, 2.75) is 13.0 Å². The van der Waals surface area contributed by atoms with Crippen molar-refractivity contribution in [2.24, 2.45) is 9.98 Å². The summed E-state index contributed by atoms with van der Waals surface area (Å²) < 4.78 is 12.9. The molecule has 1 atom stereocenters. The number of hydrogen-bond acceptors (Lipinski definition) is 9. The molecule has 0 saturated carbocycles. The highest BCUT2D eigenvalue weighted by molar-refractivity contribution is 6.51. The minimum atomic E-state index is -0.481. The van der Waals surface area contributed by atoms with Crippen molar-refractivity contribution in [3.05, 3.63) is 124 Å². The van der Waals surface area contributed by atoms with Gasteiger partial charge in [0, 0.05) is 29.4 Å². The molecular weight excluding hydrogens is 546 g/mol. The van der Waals surface area contributed by atoms with E-state index >= 15 is 0 Å². The third-order valence-electron chi connectivity index (χ3n) is 7.67. The summed E-state index contributed by atoms with van der Waals surface area (Å²) in [6.45, 7) is 2.11. The maximum Gasteiger partial charge on any atom is 0.269 e. The van der Waals surface area contributed by atoms with Gasteiger partial charge in [-0.25, -0.2) is 14.7 Å². The number of non-ortho nitro benzene ring substituents is 1. The van der Waals surface area contributed by atoms with Crippen molar-refractivity contribution in [3.8, 4) is 17.2 Å². The van der Waals surface area contributed by atoms with E-state index in [9.17, 15) is 10.1 Å². The number of nitrogens with one attached hydrogen (secondary N) is 1. The molecule has 0 amide bonds. The first kappa shape index (κ1) is 24.8. The Balaban J connectivity index is 1.37. The molecule has 0 bridgehead atoms. The molecule has 0 spiro atoms. The van der Waals surface area contributed by atoms with Gasteiger partial charge in [0.25, 0.3) is 5.69 Å². The van der Waals surface area contributed by atoms with Crippen molar-refractivity contribution in [2.75, 3.05) is 17.0 Å². The molecule has 0 aliphatic carbocycles. The first-order valence-corrected chi connectivity index (χ1v) is 13.7. The number of para-hydroxylation sites is 3. The molecule has 4 heterocycles. The van der Waals surface area contributed by atoms with Crippen LogP contribution >= 0.6 is 0 Å². The summed E-state index contributed by atoms with van der Waals surface area (Å²) in [6.07, 6.45) is 0. The first-order valence-electron chi connectivity index (χ1n) is 13.7. The molecule has 5 aromatic rings. The van der Waals surface area contributed by atoms with Gasteiger partial charge in [0.1, 0.15) is 0 Å². The van der Waals surface area contributed by atoms with Crippen LogP contribution in [0.5, 0.6) is 11.5 Å². The minimum absolute atomic E-state index is 0.00823. The molecule has 11 nitrogen and oxygen atoms in total. The lowest BCUT2D eigenvalue weighted by Gasteiger charge is -2.40. The number of nitro benzene ring substituents is 1. The van der Waals surface area contributed by atoms with E-state index in [0.29, 0.717) is 29.0 Å². The number of rotatable bonds is 4. The molecular formula is C32H23N7O4. The van der Waals surface area contributed by atoms with E-state index in [2.05, 4.69) is 10.2 Å². The number of aromatic nitrogens is 2. The zero-order chi connectivity index (χ0) is 29.1. The van der Waals surface area contributed by atoms with Crippen LogP contribution in [-0.4, -0.2) is 33.2 Å². The van der Waals surface area contributed by atoms with Crippen molar-refractivity contribution in [1.82, 2.24) is 9.78 Å². The van der Waals surface area contributed by atoms with Gasteiger partial charge in [-0.1, -0.05) is 42.5 Å². The van der Waals surface area contributed by atoms with Gasteiger partial charge < -0.3 is 19.7 Å². The molecule has 11 heteroatoms. The normalized spacial score (nSPS) is 16.0. The van der Waals surface area contributed by atoms with Crippen LogP contribution in [0.2, 0.25) is 0 Å². The van der Waals surface area contributed by atoms with Crippen LogP contribution in [0.25, 0.3) is 5.69 Å². The van der Waals surface area contributed by atoms with Crippen LogP contribution in [0.15, 0.2) is 107 Å². The molecule has 8 rings (SSSR count). The molecule has 3 aliphatic rings. The number of hydrogen-bond donors (Lipinski definition) is 1. The lowest BCUT2D eigenvalue weighted by molar-refractivity contribution is -0.384. The highest BCUT2D eigenvalue weighted by Gasteiger charge is 2.42. The van der Waals surface area contributed by atoms with E-state index in [4.69, 9.17) is 24.6 Å². The number of nitro groups is 1. The number of anilines is 2. The molecule has 210 valence electrons. The predicted octanol–water partition coefficient (Wildman–Crippen LogP) is 6.61. The quantitative estimate of drug-likeness (QED) is 0.191. The maximum atomic E-state index is 11.9. The number of amidine groups is 2. The zero-order valence-electron chi connectivity index (χ0n) is 22.8. The standard InChI is InChI=1S/C32H23N7O4/c1-19-28-29(20-8-7-11-23(16-20)39(40)41)37-25-13-6-5-12-24(25)34-30(33-21-14-15-26-27(17-21)43-18-42-26)32(37)35-31(28)38(36-19)22-9-3-2-4-10-22/h2-17,29H,18H2,1H3,(H,33,34)/t29-/m0/s1. The number of aryl methyl sites for hydroxylation is 1. The third kappa shape index (κ3) is 4.01. The molecule has 43 heavy (non-hydrogen) atoms. The highest BCUT2D eigenvalue weighted by Crippen LogP contribution is 2.48. The molecule has 4 aromatic carbocycles. The number of benzene rings is 4. The second kappa shape index (κ2) is 9.55. The monoisotopic (exact) mass is 569 g/mol. The highest BCUT2D eigenvalue weighted by atomic mass is 16.7. The third-order valence-corrected chi connectivity index (χ3v) is 7.67. The average Bonchev–Trinajstić information content (AvgIpc) is 3.64. The van der Waals surface area contributed by atoms with Gasteiger partial charge in [0.2, 0.25) is 6.79 Å². The summed E-state index contributed by atoms with van der Waals surface area (Å²) >= 11 is 0. The second-order valence-electron chi connectivity index (χ2n) is 10.3. The Kier molecular flexibility index (Phi) is 5.51. The van der Waals surface area contributed by atoms with E-state index in [-0.39, 0.29) is 17.4 Å². The number of nitrogens with zero attached hydrogens (tertiary/aromatic N) is 6. The molecule has 0 unspecified atom stereocenters. The number of ether oxygens (including phenoxy) is 2. The SMILES string of the molecule is Cc1nn(-c2ccccc2)c2c1[C@H](c1cccc([N+](=O)[O-])c1)N1C(=N2)C(Nc2ccc3c(c2)OCO3)=Nc2ccccc21. The van der Waals surface area contributed by atoms with E-state index < -0.39 is 6.04 Å². The van der Waals surface area contributed by atoms with Gasteiger partial charge in [0.15, 0.2) is 29.0 Å². The molecule has 0 saturated heterocycles. The Morgan fingerprint density at radius 2 is 1.72 bits per heavy atom. The van der Waals surface area contributed by atoms with Gasteiger partial charge in [-0.3, -0.25) is 10.1 Å². The predicted molar refractivity (Wildman–Crippen MR) is 163 cm³/mol. The van der Waals surface area contributed by atoms with E-state index in [1.165, 1.54) is 6.07 Å². The van der Waals surface area contributed by atoms with E-state index in [1.54, 1.807) is 12.1 Å². The summed E-state index contributed by atoms with van der Waals surface area (Å²) in [7, 11) is 0. The fourth-order valence-corrected chi connectivity index (χ4v) is 5.78. The minimum Gasteiger partial charge on any atom is -0.454 e. The fraction of sp³-hybridized carbons (Fsp3) is 0.0938. The largest absolute Gasteiger partial charge is 0.454 e. The molecule has 0 radical (unpaired) electrons. The number of aliphatic imine (C=N–C) groups is 2. The van der Waals surface area contributed by atoms with Gasteiger partial charge in [0.05, 0.1) is 33.7 Å². The second-order valence-corrected chi connectivity index (χ2v) is 10.3. The van der Waals surface area contributed by atoms with Crippen LogP contribution in [-0.2, 0) is 0 Å². The fourth-order valence-electron chi connectivity index (χ4n) is 5.78. The van der Waals surface area contributed by atoms with Gasteiger partial charge in [-0.05, 0) is 48.9 Å². The molecule has 1 aromatic heterocycles. The van der Waals surface area contributed by atoms with E-state index in [1.807, 2.05) is 90.5 Å². The lowest BCUT2D eigenvalue weighted by Crippen LogP contribution is -2.46. The Labute approximate surface area is 245 Å². The molecule has 3 aliphatic heterocycles. The van der Waals surface area contributed by atoms with E-state index in [0.717, 1.165) is 39.6 Å². The smallest absolute Gasteiger partial charge is 0.269 e. The molecule has 1 N–H and O–H groups in total. The van der Waals surface area contributed by atoms with Crippen LogP contribution in [0, 0.1) is 17.0 Å². The van der Waals surface area contributed by atoms with Crippen LogP contribution in [0.4, 0.5) is 28.6 Å². The summed E-state index contributed by atoms with van der Waals surface area (Å²) in [5, 5.41) is 20.2. The summed E-state index contributed by atoms with van der Waals surface area (Å²) in [5.74, 6) is 3.01. The summed E-state index contributed by atoms with van der Waals surface area (Å²) in [5.41, 5.74) is 5.52. The van der Waals surface area contributed by atoms with Crippen molar-refractivity contribution in [3.63, 3.8) is 0 Å². The average molecular weight is 570 g/mol. The lowest BCUT2D eigenvalue weighted by atomic mass is 9.93. The Morgan fingerprint density at radius 1 is 0.907 bits per heavy atom. The Morgan fingerprint density at radius 3 is 2.58 bits per heavy atom. The summed E-state index contributed by atoms with van der Waals surface area (Å²) in [6, 6.07) is 29.4. The number of fused-ring (bicyclic) bond motifs is 5. The van der Waals surface area contributed by atoms with Crippen molar-refractivity contribution >= 4 is 40.2 Å². The summed E-state index contributed by atoms with van der Waals surface area (Å²) in [4.78, 5) is 23.8. The van der Waals surface area contributed by atoms with Crippen LogP contribution < -0.4 is 19.7 Å². The van der Waals surface area contributed by atoms with Crippen molar-refractivity contribution < 1.29 is 14.4 Å². The first-order chi connectivity index (χ1) is 21.0. The van der Waals surface area contributed by atoms with Gasteiger partial charge in [-0.15, -0.1) is 0 Å². The van der Waals surface area contributed by atoms with Gasteiger partial charge >= 0.3 is 0 Å². The van der Waals surface area contributed by atoms with Gasteiger partial charge in [-0.2, -0.15) is 5.10 Å². The van der Waals surface area contributed by atoms with Crippen molar-refractivity contribution in [1.29, 1.82) is 0 Å². The topological polar surface area (TPSA) is 119 Å². The Hall–Kier alpha value is -5.97. The maximum absolute atomic E-state index is 11.9. The molecule has 0 fully saturated rings.